The molecule has 9 bridgehead atoms. The molecule has 5 aliphatic carbocycles. The monoisotopic (exact) mass is 1650 g/mol. The fourth-order valence-corrected chi connectivity index (χ4v) is 19.2. The van der Waals surface area contributed by atoms with Crippen LogP contribution in [0, 0.1) is 35.0 Å². The van der Waals surface area contributed by atoms with Crippen LogP contribution in [0.1, 0.15) is 129 Å². The highest BCUT2D eigenvalue weighted by molar-refractivity contribution is 7.90. The Morgan fingerprint density at radius 2 is 1.39 bits per heavy atom. The predicted molar refractivity (Wildman–Crippen MR) is 406 cm³/mol. The molecule has 7 amide bonds. The van der Waals surface area contributed by atoms with E-state index in [0.717, 1.165) is 61.7 Å². The van der Waals surface area contributed by atoms with Crippen molar-refractivity contribution < 1.29 is 116 Å². The lowest BCUT2D eigenvalue weighted by Crippen LogP contribution is -2.88. The van der Waals surface area contributed by atoms with Crippen LogP contribution in [0.5, 0.6) is 40.2 Å². The summed E-state index contributed by atoms with van der Waals surface area (Å²) in [5.41, 5.74) is 4.60. The van der Waals surface area contributed by atoms with Gasteiger partial charge < -0.3 is 117 Å². The van der Waals surface area contributed by atoms with Crippen LogP contribution >= 0.6 is 23.2 Å². The van der Waals surface area contributed by atoms with Crippen molar-refractivity contribution in [2.24, 2.45) is 40.7 Å². The molecule has 6 aromatic carbocycles. The molecule has 36 heteroatoms. The molecule has 19 N–H and O–H groups in total. The van der Waals surface area contributed by atoms with Gasteiger partial charge in [-0.2, -0.15) is 0 Å². The van der Waals surface area contributed by atoms with Crippen molar-refractivity contribution in [1.29, 1.82) is 0 Å². The summed E-state index contributed by atoms with van der Waals surface area (Å²) in [5, 5.41) is 124. The first-order valence-corrected chi connectivity index (χ1v) is 40.0. The second-order valence-electron chi connectivity index (χ2n) is 30.8. The van der Waals surface area contributed by atoms with Gasteiger partial charge in [-0.3, -0.25) is 33.6 Å². The first kappa shape index (κ1) is 82.2. The van der Waals surface area contributed by atoms with Gasteiger partial charge in [0.05, 0.1) is 65.2 Å². The van der Waals surface area contributed by atoms with E-state index in [4.69, 9.17) is 57.4 Å². The first-order valence-electron chi connectivity index (χ1n) is 37.7. The number of aromatic hydroxyl groups is 1. The molecule has 4 saturated carbocycles. The van der Waals surface area contributed by atoms with E-state index in [1.807, 2.05) is 18.6 Å². The van der Waals surface area contributed by atoms with Gasteiger partial charge in [-0.1, -0.05) is 61.3 Å². The number of hydrogen-bond acceptors (Lipinski definition) is 26. The number of nitrogens with one attached hydrogen (secondary N) is 8. The van der Waals surface area contributed by atoms with Crippen LogP contribution in [0.25, 0.3) is 11.1 Å². The molecular formula is C79H89Cl2N9O24S. The van der Waals surface area contributed by atoms with E-state index < -0.39 is 201 Å². The molecular weight excluding hydrogens is 1560 g/mol. The molecule has 6 aromatic rings. The number of primary amides is 1. The maximum Gasteiger partial charge on any atom is 0.264 e. The van der Waals surface area contributed by atoms with Gasteiger partial charge in [0.2, 0.25) is 59.2 Å². The number of aliphatic hydroxyl groups excluding tert-OH is 6. The van der Waals surface area contributed by atoms with Crippen molar-refractivity contribution in [3.8, 4) is 51.4 Å². The average Bonchev–Trinajstić information content (AvgIpc) is 0.832. The number of hydrogen-bond donors (Lipinski definition) is 18. The van der Waals surface area contributed by atoms with Crippen LogP contribution in [0.2, 0.25) is 10.0 Å². The minimum Gasteiger partial charge on any atom is -0.508 e. The van der Waals surface area contributed by atoms with E-state index in [1.165, 1.54) is 67.7 Å². The molecule has 33 nitrogen and oxygen atoms in total. The predicted octanol–water partition coefficient (Wildman–Crippen LogP) is 2.32. The lowest BCUT2D eigenvalue weighted by atomic mass is 9.17. The summed E-state index contributed by atoms with van der Waals surface area (Å²) in [6, 6.07) is 9.50. The van der Waals surface area contributed by atoms with Gasteiger partial charge in [-0.25, -0.2) is 13.1 Å². The molecule has 1 saturated heterocycles. The van der Waals surface area contributed by atoms with Crippen molar-refractivity contribution >= 4 is 74.6 Å². The topological polar surface area (TPSA) is 513 Å². The van der Waals surface area contributed by atoms with Gasteiger partial charge in [-0.05, 0) is 192 Å². The smallest absolute Gasteiger partial charge is 0.264 e. The zero-order chi connectivity index (χ0) is 82.2. The third-order valence-electron chi connectivity index (χ3n) is 23.4. The number of benzene rings is 6. The number of phenolic OH excluding ortho intramolecular Hbond substituents is 1. The normalized spacial score (nSPS) is 29.2. The molecule has 10 aliphatic rings. The van der Waals surface area contributed by atoms with E-state index in [-0.39, 0.29) is 115 Å². The Labute approximate surface area is 668 Å². The van der Waals surface area contributed by atoms with Gasteiger partial charge in [0.25, 0.3) is 10.0 Å². The second-order valence-corrected chi connectivity index (χ2v) is 33.3. The van der Waals surface area contributed by atoms with E-state index in [1.54, 1.807) is 6.92 Å². The van der Waals surface area contributed by atoms with Crippen LogP contribution in [0.15, 0.2) is 108 Å². The Hall–Kier alpha value is -9.34. The molecule has 0 aromatic heterocycles. The van der Waals surface area contributed by atoms with Crippen LogP contribution in [0.3, 0.4) is 0 Å². The Balaban J connectivity index is 0.926. The maximum absolute atomic E-state index is 16.2. The maximum atomic E-state index is 16.2. The fourth-order valence-electron chi connectivity index (χ4n) is 17.7. The number of halogens is 2. The first-order chi connectivity index (χ1) is 54.7. The van der Waals surface area contributed by atoms with Crippen molar-refractivity contribution in [3.05, 3.63) is 152 Å². The number of amides is 7. The van der Waals surface area contributed by atoms with Crippen molar-refractivity contribution in [2.45, 2.75) is 155 Å². The zero-order valence-corrected chi connectivity index (χ0v) is 64.8. The molecule has 5 aliphatic heterocycles. The largest absolute Gasteiger partial charge is 0.508 e. The highest BCUT2D eigenvalue weighted by atomic mass is 35.5. The molecule has 17 unspecified atom stereocenters. The summed E-state index contributed by atoms with van der Waals surface area (Å²) in [7, 11) is -3.27. The fraction of sp³-hybridized carbons (Fsp3) is 0.456. The summed E-state index contributed by atoms with van der Waals surface area (Å²) in [4.78, 5) is 105. The number of rotatable bonds is 20. The zero-order valence-electron chi connectivity index (χ0n) is 62.5. The molecule has 614 valence electrons. The quantitative estimate of drug-likeness (QED) is 0.0385. The van der Waals surface area contributed by atoms with Crippen molar-refractivity contribution in [3.63, 3.8) is 0 Å². The van der Waals surface area contributed by atoms with E-state index in [9.17, 15) is 73.6 Å². The molecule has 115 heavy (non-hydrogen) atoms. The van der Waals surface area contributed by atoms with Gasteiger partial charge >= 0.3 is 0 Å². The Bertz CT molecular complexity index is 4920. The highest BCUT2D eigenvalue weighted by Gasteiger charge is 2.84. The summed E-state index contributed by atoms with van der Waals surface area (Å²) >= 11 is 14.2. The molecule has 5 heterocycles. The van der Waals surface area contributed by atoms with Gasteiger partial charge in [0, 0.05) is 30.3 Å². The Morgan fingerprint density at radius 1 is 0.730 bits per heavy atom. The Morgan fingerprint density at radius 3 is 2.02 bits per heavy atom. The minimum atomic E-state index is -4.81. The summed E-state index contributed by atoms with van der Waals surface area (Å²) in [5.74, 6) is -12.2. The van der Waals surface area contributed by atoms with E-state index >= 15 is 14.4 Å². The lowest BCUT2D eigenvalue weighted by Gasteiger charge is -2.88. The number of phenols is 1. The molecule has 16 rings (SSSR count). The molecule has 17 atom stereocenters. The second kappa shape index (κ2) is 32.6. The summed E-state index contributed by atoms with van der Waals surface area (Å²) in [6.45, 7) is 4.69. The standard InChI is InChI=1S/C79H89Cl2N9O24S/c1-5-109-16-17-110-41-9-11-42(12-10-41)115(107,108)90-61(95)29-52-74(102)88-64-37-22-57(71(114-77-70(99)69(98)68(97)59(32-91)113-77)58(23-37)112-56-15-8-36(21-50(56)81)67(96)53(31-84-52)85-73(101)51(83-4)18-33(2)3)111-55-14-7-34(20-49(55)80)54(93)30-60(94)86-65(76(104)89-66-47-25-38-24-39-26-48(66)78(38,39)47)44-27-40(92)28-46-62(44)43-19-35(6-13-45(43)79(46,105)106)63(72(82)100)87-75(64)103/h6-15,19-23,27-28,33,38-39,47-48,51-54,59,63-70,77,83-84,91-93,96-99,105-106H,5,16-18,24-26,29-32H2,1-4H3,(H2,82,100)(H,85,101)(H,86,94)(H,87,103)(H,88,102)(H,89,104)(H,90,95). The van der Waals surface area contributed by atoms with E-state index in [0.29, 0.717) is 18.4 Å². The van der Waals surface area contributed by atoms with Crippen molar-refractivity contribution in [1.82, 2.24) is 41.9 Å². The van der Waals surface area contributed by atoms with Crippen LogP contribution in [-0.2, 0) is 58.8 Å². The minimum absolute atomic E-state index is 0.00194. The number of fused-ring (bicyclic) bond motifs is 16. The number of carbonyl (C=O) groups is 7. The highest BCUT2D eigenvalue weighted by Crippen LogP contribution is 2.87. The number of sulfonamides is 1. The number of aliphatic hydroxyl groups is 8. The van der Waals surface area contributed by atoms with Gasteiger partial charge in [0.15, 0.2) is 11.5 Å². The van der Waals surface area contributed by atoms with Gasteiger partial charge in [0.1, 0.15) is 78.3 Å². The average molecular weight is 1650 g/mol. The Kier molecular flexibility index (Phi) is 23.3. The van der Waals surface area contributed by atoms with Crippen LogP contribution in [0.4, 0.5) is 0 Å². The lowest BCUT2D eigenvalue weighted by molar-refractivity contribution is -0.390. The van der Waals surface area contributed by atoms with Gasteiger partial charge in [-0.15, -0.1) is 0 Å². The number of ether oxygens (including phenoxy) is 6. The summed E-state index contributed by atoms with van der Waals surface area (Å²) in [6.07, 6.45) is -12.2. The van der Waals surface area contributed by atoms with Crippen LogP contribution < -0.4 is 66.6 Å². The number of nitrogens with two attached hydrogens (primary N) is 1. The SMILES string of the molecule is CCOCCOc1ccc(S(=O)(=O)NC(=O)CC2NCC(NC(=O)C(CC(C)C)NC)C(O)c3ccc(c(Cl)c3)Oc3cc4cc(c3OC3OC(CO)C(O)C(O)C3O)Oc3ccc(cc3Cl)C(O)CC(=O)NC(C(=O)NC3C5CC6CC7CC3C675)c3cc(O)cc5c3-c3cc(ccc3C5(O)O)C(C(N)=O)NC(=O)C4NC2=O)cc1. The molecule has 0 radical (unpaired) electrons. The number of carbonyl (C=O) groups excluding carboxylic acids is 7. The third kappa shape index (κ3) is 15.6. The third-order valence-corrected chi connectivity index (χ3v) is 25.4. The van der Waals surface area contributed by atoms with Crippen molar-refractivity contribution in [2.75, 3.05) is 40.0 Å². The molecule has 1 spiro atoms. The molecule has 5 fully saturated rings. The number of likely N-dealkylation sites (N-methyl/N-ethyl adjacent to an activating group) is 1. The van der Waals surface area contributed by atoms with E-state index in [2.05, 4.69) is 37.2 Å². The summed E-state index contributed by atoms with van der Waals surface area (Å²) < 4.78 is 66.7. The van der Waals surface area contributed by atoms with Crippen LogP contribution in [-0.4, -0.2) is 191 Å².